The molecule has 0 aliphatic rings. The summed E-state index contributed by atoms with van der Waals surface area (Å²) in [4.78, 5) is 15.6. The maximum Gasteiger partial charge on any atom is 0.258 e. The van der Waals surface area contributed by atoms with Gasteiger partial charge < -0.3 is 10.3 Å². The maximum absolute atomic E-state index is 11.4. The number of benzene rings is 1. The number of nitrogens with zero attached hydrogens (tertiary/aromatic N) is 2. The first-order chi connectivity index (χ1) is 11.8. The van der Waals surface area contributed by atoms with Crippen molar-refractivity contribution in [1.82, 2.24) is 10.1 Å². The van der Waals surface area contributed by atoms with Gasteiger partial charge >= 0.3 is 0 Å². The second kappa shape index (κ2) is 6.84. The van der Waals surface area contributed by atoms with Gasteiger partial charge in [-0.05, 0) is 24.3 Å². The Hall–Kier alpha value is -1.79. The number of hydrogen-bond donors (Lipinski definition) is 1. The molecule has 2 N–H and O–H groups in total. The van der Waals surface area contributed by atoms with Crippen LogP contribution in [0.15, 0.2) is 47.1 Å². The summed E-state index contributed by atoms with van der Waals surface area (Å²) >= 11 is 24.3. The van der Waals surface area contributed by atoms with E-state index >= 15 is 0 Å². The molecule has 0 saturated heterocycles. The van der Waals surface area contributed by atoms with Crippen LogP contribution in [0, 0.1) is 0 Å². The van der Waals surface area contributed by atoms with Crippen molar-refractivity contribution >= 4 is 52.3 Å². The van der Waals surface area contributed by atoms with Crippen LogP contribution in [-0.4, -0.2) is 16.0 Å². The van der Waals surface area contributed by atoms with E-state index in [9.17, 15) is 4.79 Å². The van der Waals surface area contributed by atoms with Gasteiger partial charge in [0, 0.05) is 23.4 Å². The van der Waals surface area contributed by atoms with E-state index in [1.807, 2.05) is 0 Å². The van der Waals surface area contributed by atoms with Crippen LogP contribution >= 0.6 is 46.4 Å². The Kier molecular flexibility index (Phi) is 4.93. The van der Waals surface area contributed by atoms with Gasteiger partial charge in [0.1, 0.15) is 11.4 Å². The van der Waals surface area contributed by atoms with E-state index in [-0.39, 0.29) is 5.56 Å². The fourth-order valence-corrected chi connectivity index (χ4v) is 2.99. The summed E-state index contributed by atoms with van der Waals surface area (Å²) in [5.74, 6) is -0.574. The third-order valence-electron chi connectivity index (χ3n) is 3.41. The zero-order valence-corrected chi connectivity index (χ0v) is 15.4. The normalized spacial score (nSPS) is 11.5. The number of primary amides is 1. The third-order valence-corrected chi connectivity index (χ3v) is 4.85. The number of rotatable bonds is 4. The van der Waals surface area contributed by atoms with Crippen molar-refractivity contribution < 1.29 is 9.32 Å². The molecule has 0 atom stereocenters. The highest BCUT2D eigenvalue weighted by molar-refractivity contribution is 6.57. The Morgan fingerprint density at radius 1 is 1.08 bits per heavy atom. The Morgan fingerprint density at radius 3 is 2.40 bits per heavy atom. The number of amides is 1. The molecule has 9 heteroatoms. The zero-order chi connectivity index (χ0) is 18.2. The third kappa shape index (κ3) is 3.46. The number of hydrogen-bond acceptors (Lipinski definition) is 4. The number of pyridine rings is 1. The lowest BCUT2D eigenvalue weighted by atomic mass is 10.1. The van der Waals surface area contributed by atoms with Crippen LogP contribution in [0.2, 0.25) is 10.0 Å². The summed E-state index contributed by atoms with van der Waals surface area (Å²) in [5.41, 5.74) is 6.83. The Balaban J connectivity index is 2.03. The molecule has 2 heterocycles. The minimum atomic E-state index is -1.88. The van der Waals surface area contributed by atoms with Crippen molar-refractivity contribution in [2.45, 2.75) is 4.33 Å². The lowest BCUT2D eigenvalue weighted by Crippen LogP contribution is -2.30. The predicted molar refractivity (Wildman–Crippen MR) is 97.8 cm³/mol. The van der Waals surface area contributed by atoms with Crippen LogP contribution in [0.5, 0.6) is 0 Å². The first kappa shape index (κ1) is 18.0. The van der Waals surface area contributed by atoms with Gasteiger partial charge in [-0.2, -0.15) is 0 Å². The monoisotopic (exact) mass is 415 g/mol. The number of nitrogens with two attached hydrogens (primary N) is 1. The van der Waals surface area contributed by atoms with Crippen LogP contribution < -0.4 is 5.73 Å². The Morgan fingerprint density at radius 2 is 1.76 bits per heavy atom. The number of carbonyl (C=O) groups excluding carboxylic acids is 1. The van der Waals surface area contributed by atoms with E-state index in [0.29, 0.717) is 32.8 Å². The van der Waals surface area contributed by atoms with Crippen LogP contribution in [0.25, 0.3) is 22.7 Å². The highest BCUT2D eigenvalue weighted by Gasteiger charge is 2.34. The summed E-state index contributed by atoms with van der Waals surface area (Å²) in [5, 5.41) is 4.84. The standard InChI is InChI=1S/C16H9Cl4N3O2/c17-9-2-1-3-10(18)14(9)12-7-13(25-23-12)11-6-8(4-5-22-11)16(19,20)15(21)24/h1-7H,(H2,21,24). The SMILES string of the molecule is NC(=O)C(Cl)(Cl)c1ccnc(-c2cc(-c3c(Cl)cccc3Cl)no2)c1. The molecule has 0 aliphatic heterocycles. The largest absolute Gasteiger partial charge is 0.367 e. The van der Waals surface area contributed by atoms with Gasteiger partial charge in [0.15, 0.2) is 5.76 Å². The minimum absolute atomic E-state index is 0.266. The van der Waals surface area contributed by atoms with Gasteiger partial charge in [-0.1, -0.05) is 57.6 Å². The molecule has 1 amide bonds. The number of aromatic nitrogens is 2. The predicted octanol–water partition coefficient (Wildman–Crippen LogP) is 4.83. The average Bonchev–Trinajstić information content (AvgIpc) is 3.04. The molecule has 0 fully saturated rings. The molecular weight excluding hydrogens is 408 g/mol. The summed E-state index contributed by atoms with van der Waals surface area (Å²) in [6, 6.07) is 9.70. The smallest absolute Gasteiger partial charge is 0.258 e. The molecule has 3 rings (SSSR count). The second-order valence-electron chi connectivity index (χ2n) is 5.04. The van der Waals surface area contributed by atoms with Crippen molar-refractivity contribution in [2.75, 3.05) is 0 Å². The summed E-state index contributed by atoms with van der Waals surface area (Å²) in [6.07, 6.45) is 1.43. The second-order valence-corrected chi connectivity index (χ2v) is 7.18. The lowest BCUT2D eigenvalue weighted by Gasteiger charge is -2.15. The van der Waals surface area contributed by atoms with Crippen LogP contribution in [0.3, 0.4) is 0 Å². The Bertz CT molecular complexity index is 936. The molecule has 0 bridgehead atoms. The first-order valence-corrected chi connectivity index (χ1v) is 8.37. The van der Waals surface area contributed by atoms with E-state index in [1.54, 1.807) is 24.3 Å². The molecule has 5 nitrogen and oxygen atoms in total. The quantitative estimate of drug-likeness (QED) is 0.617. The zero-order valence-electron chi connectivity index (χ0n) is 12.3. The molecular formula is C16H9Cl4N3O2. The van der Waals surface area contributed by atoms with Crippen LogP contribution in [0.4, 0.5) is 0 Å². The molecule has 0 spiro atoms. The van der Waals surface area contributed by atoms with E-state index in [4.69, 9.17) is 56.7 Å². The van der Waals surface area contributed by atoms with E-state index < -0.39 is 10.2 Å². The van der Waals surface area contributed by atoms with Gasteiger partial charge in [0.05, 0.1) is 10.0 Å². The fourth-order valence-electron chi connectivity index (χ4n) is 2.16. The molecule has 2 aromatic heterocycles. The molecule has 25 heavy (non-hydrogen) atoms. The first-order valence-electron chi connectivity index (χ1n) is 6.86. The lowest BCUT2D eigenvalue weighted by molar-refractivity contribution is -0.118. The van der Waals surface area contributed by atoms with Gasteiger partial charge in [-0.25, -0.2) is 0 Å². The van der Waals surface area contributed by atoms with Crippen LogP contribution in [-0.2, 0) is 9.13 Å². The number of alkyl halides is 2. The minimum Gasteiger partial charge on any atom is -0.367 e. The Labute approximate surface area is 162 Å². The number of carbonyl (C=O) groups is 1. The van der Waals surface area contributed by atoms with Crippen molar-refractivity contribution in [3.8, 4) is 22.7 Å². The molecule has 0 unspecified atom stereocenters. The summed E-state index contributed by atoms with van der Waals surface area (Å²) < 4.78 is 3.43. The van der Waals surface area contributed by atoms with Crippen molar-refractivity contribution in [1.29, 1.82) is 0 Å². The molecule has 3 aromatic rings. The molecule has 0 aliphatic carbocycles. The molecule has 1 aromatic carbocycles. The topological polar surface area (TPSA) is 82.0 Å². The van der Waals surface area contributed by atoms with Crippen LogP contribution in [0.1, 0.15) is 5.56 Å². The number of halogens is 4. The van der Waals surface area contributed by atoms with Gasteiger partial charge in [-0.15, -0.1) is 0 Å². The average molecular weight is 417 g/mol. The molecule has 0 radical (unpaired) electrons. The summed E-state index contributed by atoms with van der Waals surface area (Å²) in [7, 11) is 0. The molecule has 0 saturated carbocycles. The van der Waals surface area contributed by atoms with Gasteiger partial charge in [-0.3, -0.25) is 9.78 Å². The van der Waals surface area contributed by atoms with Gasteiger partial charge in [0.25, 0.3) is 5.91 Å². The van der Waals surface area contributed by atoms with E-state index in [2.05, 4.69) is 10.1 Å². The van der Waals surface area contributed by atoms with Crippen molar-refractivity contribution in [3.05, 3.63) is 58.2 Å². The van der Waals surface area contributed by atoms with E-state index in [1.165, 1.54) is 18.3 Å². The van der Waals surface area contributed by atoms with E-state index in [0.717, 1.165) is 0 Å². The van der Waals surface area contributed by atoms with Crippen molar-refractivity contribution in [3.63, 3.8) is 0 Å². The fraction of sp³-hybridized carbons (Fsp3) is 0.0625. The van der Waals surface area contributed by atoms with Gasteiger partial charge in [0.2, 0.25) is 4.33 Å². The maximum atomic E-state index is 11.4. The van der Waals surface area contributed by atoms with Crippen molar-refractivity contribution in [2.24, 2.45) is 5.73 Å². The highest BCUT2D eigenvalue weighted by atomic mass is 35.5. The highest BCUT2D eigenvalue weighted by Crippen LogP contribution is 2.37. The molecule has 128 valence electrons. The summed E-state index contributed by atoms with van der Waals surface area (Å²) in [6.45, 7) is 0.